The Hall–Kier alpha value is -2.74. The van der Waals surface area contributed by atoms with Crippen molar-refractivity contribution in [2.75, 3.05) is 7.11 Å². The molecule has 8 heteroatoms. The molecule has 0 spiro atoms. The SMILES string of the molecule is CCn1c(=NC(=O)c2cc(C)on2)sc2cc(C(=O)OC)ccc21. The van der Waals surface area contributed by atoms with Crippen molar-refractivity contribution in [2.24, 2.45) is 4.99 Å². The van der Waals surface area contributed by atoms with Crippen LogP contribution in [0.15, 0.2) is 33.8 Å². The van der Waals surface area contributed by atoms with Crippen LogP contribution in [0.1, 0.15) is 33.5 Å². The molecule has 0 aliphatic carbocycles. The highest BCUT2D eigenvalue weighted by atomic mass is 32.1. The molecule has 0 radical (unpaired) electrons. The fourth-order valence-electron chi connectivity index (χ4n) is 2.32. The molecule has 0 aliphatic heterocycles. The second-order valence-corrected chi connectivity index (χ2v) is 6.05. The van der Waals surface area contributed by atoms with Crippen LogP contribution in [0.5, 0.6) is 0 Å². The molecule has 3 aromatic rings. The van der Waals surface area contributed by atoms with Crippen LogP contribution in [0.3, 0.4) is 0 Å². The minimum absolute atomic E-state index is 0.169. The third-order valence-corrected chi connectivity index (χ3v) is 4.51. The first-order valence-corrected chi connectivity index (χ1v) is 8.09. The average Bonchev–Trinajstić information content (AvgIpc) is 3.16. The van der Waals surface area contributed by atoms with E-state index >= 15 is 0 Å². The number of fused-ring (bicyclic) bond motifs is 1. The van der Waals surface area contributed by atoms with E-state index in [2.05, 4.69) is 10.1 Å². The van der Waals surface area contributed by atoms with Crippen LogP contribution in [0.25, 0.3) is 10.2 Å². The fourth-order valence-corrected chi connectivity index (χ4v) is 3.45. The largest absolute Gasteiger partial charge is 0.465 e. The van der Waals surface area contributed by atoms with Gasteiger partial charge in [-0.1, -0.05) is 16.5 Å². The Morgan fingerprint density at radius 2 is 2.17 bits per heavy atom. The smallest absolute Gasteiger partial charge is 0.337 e. The summed E-state index contributed by atoms with van der Waals surface area (Å²) < 4.78 is 12.4. The lowest BCUT2D eigenvalue weighted by molar-refractivity contribution is 0.0601. The summed E-state index contributed by atoms with van der Waals surface area (Å²) in [6.07, 6.45) is 0. The Labute approximate surface area is 141 Å². The zero-order valence-electron chi connectivity index (χ0n) is 13.4. The first-order valence-electron chi connectivity index (χ1n) is 7.27. The number of benzene rings is 1. The second-order valence-electron chi connectivity index (χ2n) is 5.04. The Kier molecular flexibility index (Phi) is 4.30. The number of aromatic nitrogens is 2. The van der Waals surface area contributed by atoms with E-state index in [1.165, 1.54) is 18.4 Å². The first kappa shape index (κ1) is 16.1. The topological polar surface area (TPSA) is 86.7 Å². The quantitative estimate of drug-likeness (QED) is 0.681. The molecule has 1 amide bonds. The number of carbonyl (C=O) groups is 2. The number of nitrogens with zero attached hydrogens (tertiary/aromatic N) is 3. The lowest BCUT2D eigenvalue weighted by Crippen LogP contribution is -2.16. The molecule has 0 N–H and O–H groups in total. The highest BCUT2D eigenvalue weighted by Gasteiger charge is 2.13. The van der Waals surface area contributed by atoms with Gasteiger partial charge in [-0.05, 0) is 32.0 Å². The summed E-state index contributed by atoms with van der Waals surface area (Å²) in [5.41, 5.74) is 1.53. The lowest BCUT2D eigenvalue weighted by atomic mass is 10.2. The molecule has 0 unspecified atom stereocenters. The summed E-state index contributed by atoms with van der Waals surface area (Å²) in [7, 11) is 1.34. The van der Waals surface area contributed by atoms with Crippen molar-refractivity contribution >= 4 is 33.4 Å². The van der Waals surface area contributed by atoms with Crippen LogP contribution < -0.4 is 4.80 Å². The number of hydrogen-bond acceptors (Lipinski definition) is 6. The van der Waals surface area contributed by atoms with Crippen LogP contribution in [-0.4, -0.2) is 28.7 Å². The van der Waals surface area contributed by atoms with Crippen LogP contribution in [-0.2, 0) is 11.3 Å². The summed E-state index contributed by atoms with van der Waals surface area (Å²) in [6.45, 7) is 4.31. The van der Waals surface area contributed by atoms with E-state index in [0.717, 1.165) is 10.2 Å². The van der Waals surface area contributed by atoms with Crippen LogP contribution in [0.4, 0.5) is 0 Å². The molecule has 0 atom stereocenters. The molecular weight excluding hydrogens is 330 g/mol. The zero-order chi connectivity index (χ0) is 17.3. The van der Waals surface area contributed by atoms with Crippen molar-refractivity contribution in [3.8, 4) is 0 Å². The van der Waals surface area contributed by atoms with Crippen LogP contribution in [0, 0.1) is 6.92 Å². The molecule has 3 rings (SSSR count). The predicted octanol–water partition coefficient (Wildman–Crippen LogP) is 2.55. The molecule has 1 aromatic carbocycles. The summed E-state index contributed by atoms with van der Waals surface area (Å²) >= 11 is 1.33. The Balaban J connectivity index is 2.11. The molecule has 2 heterocycles. The molecule has 124 valence electrons. The van der Waals surface area contributed by atoms with Crippen molar-refractivity contribution in [3.05, 3.63) is 46.1 Å². The molecular formula is C16H15N3O4S. The Morgan fingerprint density at radius 3 is 2.79 bits per heavy atom. The van der Waals surface area contributed by atoms with E-state index in [4.69, 9.17) is 9.26 Å². The lowest BCUT2D eigenvalue weighted by Gasteiger charge is -2.01. The van der Waals surface area contributed by atoms with Crippen molar-refractivity contribution in [2.45, 2.75) is 20.4 Å². The maximum absolute atomic E-state index is 12.2. The summed E-state index contributed by atoms with van der Waals surface area (Å²) in [5.74, 6) is -0.314. The molecule has 24 heavy (non-hydrogen) atoms. The molecule has 2 aromatic heterocycles. The van der Waals surface area contributed by atoms with Gasteiger partial charge in [-0.2, -0.15) is 4.99 Å². The number of esters is 1. The average molecular weight is 345 g/mol. The number of amides is 1. The van der Waals surface area contributed by atoms with Gasteiger partial charge in [0.1, 0.15) is 5.76 Å². The van der Waals surface area contributed by atoms with E-state index in [9.17, 15) is 9.59 Å². The van der Waals surface area contributed by atoms with Crippen molar-refractivity contribution in [1.82, 2.24) is 9.72 Å². The number of aryl methyl sites for hydroxylation is 2. The monoisotopic (exact) mass is 345 g/mol. The van der Waals surface area contributed by atoms with E-state index in [1.807, 2.05) is 17.6 Å². The number of ether oxygens (including phenoxy) is 1. The van der Waals surface area contributed by atoms with E-state index in [0.29, 0.717) is 22.7 Å². The number of hydrogen-bond donors (Lipinski definition) is 0. The van der Waals surface area contributed by atoms with Gasteiger partial charge in [0.05, 0.1) is 22.9 Å². The normalized spacial score (nSPS) is 11.9. The van der Waals surface area contributed by atoms with Gasteiger partial charge in [-0.3, -0.25) is 4.79 Å². The summed E-state index contributed by atoms with van der Waals surface area (Å²) in [4.78, 5) is 28.6. The van der Waals surface area contributed by atoms with Crippen molar-refractivity contribution < 1.29 is 18.8 Å². The maximum Gasteiger partial charge on any atom is 0.337 e. The Bertz CT molecular complexity index is 996. The van der Waals surface area contributed by atoms with Gasteiger partial charge in [-0.15, -0.1) is 0 Å². The van der Waals surface area contributed by atoms with Gasteiger partial charge in [0.15, 0.2) is 10.5 Å². The number of carbonyl (C=O) groups excluding carboxylic acids is 2. The zero-order valence-corrected chi connectivity index (χ0v) is 14.2. The van der Waals surface area contributed by atoms with Crippen molar-refractivity contribution in [3.63, 3.8) is 0 Å². The second kappa shape index (κ2) is 6.40. The van der Waals surface area contributed by atoms with Gasteiger partial charge in [-0.25, -0.2) is 4.79 Å². The van der Waals surface area contributed by atoms with Crippen molar-refractivity contribution in [1.29, 1.82) is 0 Å². The minimum Gasteiger partial charge on any atom is -0.465 e. The highest BCUT2D eigenvalue weighted by Crippen LogP contribution is 2.20. The summed E-state index contributed by atoms with van der Waals surface area (Å²) in [5, 5.41) is 3.69. The maximum atomic E-state index is 12.2. The molecule has 0 fully saturated rings. The van der Waals surface area contributed by atoms with Gasteiger partial charge in [0.2, 0.25) is 0 Å². The van der Waals surface area contributed by atoms with Crippen LogP contribution >= 0.6 is 11.3 Å². The number of rotatable bonds is 3. The molecule has 0 bridgehead atoms. The van der Waals surface area contributed by atoms with E-state index in [1.54, 1.807) is 25.1 Å². The van der Waals surface area contributed by atoms with Gasteiger partial charge < -0.3 is 13.8 Å². The predicted molar refractivity (Wildman–Crippen MR) is 88.0 cm³/mol. The highest BCUT2D eigenvalue weighted by molar-refractivity contribution is 7.16. The van der Waals surface area contributed by atoms with Crippen LogP contribution in [0.2, 0.25) is 0 Å². The van der Waals surface area contributed by atoms with Gasteiger partial charge in [0, 0.05) is 12.6 Å². The minimum atomic E-state index is -0.464. The standard InChI is InChI=1S/C16H15N3O4S/c1-4-19-12-6-5-10(15(21)22-3)8-13(12)24-16(19)17-14(20)11-7-9(2)23-18-11/h5-8H,4H2,1-3H3. The summed E-state index contributed by atoms with van der Waals surface area (Å²) in [6, 6.07) is 6.80. The van der Waals surface area contributed by atoms with Gasteiger partial charge in [0.25, 0.3) is 0 Å². The molecule has 0 saturated carbocycles. The first-order chi connectivity index (χ1) is 11.5. The Morgan fingerprint density at radius 1 is 1.38 bits per heavy atom. The van der Waals surface area contributed by atoms with E-state index < -0.39 is 11.9 Å². The molecule has 7 nitrogen and oxygen atoms in total. The van der Waals surface area contributed by atoms with Gasteiger partial charge >= 0.3 is 11.9 Å². The third kappa shape index (κ3) is 2.88. The number of thiazole rings is 1. The number of methoxy groups -OCH3 is 1. The third-order valence-electron chi connectivity index (χ3n) is 3.46. The molecule has 0 saturated heterocycles. The van der Waals surface area contributed by atoms with E-state index in [-0.39, 0.29) is 5.69 Å². The molecule has 0 aliphatic rings. The fraction of sp³-hybridized carbons (Fsp3) is 0.250.